The maximum absolute atomic E-state index is 12.6. The number of ether oxygens (including phenoxy) is 1. The molecule has 0 saturated carbocycles. The van der Waals surface area contributed by atoms with Crippen LogP contribution >= 0.6 is 12.2 Å². The van der Waals surface area contributed by atoms with Gasteiger partial charge in [-0.05, 0) is 68.9 Å². The van der Waals surface area contributed by atoms with Gasteiger partial charge < -0.3 is 24.8 Å². The highest BCUT2D eigenvalue weighted by Crippen LogP contribution is 2.44. The van der Waals surface area contributed by atoms with Crippen molar-refractivity contribution >= 4 is 34.6 Å². The van der Waals surface area contributed by atoms with Gasteiger partial charge in [-0.25, -0.2) is 0 Å². The Bertz CT molecular complexity index is 1280. The standard InChI is InChI=1S/C28H35N5O2S/c1-8-32-17(2)15-20(18(32)3)25-24(22-11-9-10-14-29-22)31-27(36)33(25)19-12-13-21(23(16-19)35-7)30-26(34)28(4,5)6/h9-16,24-25H,8H2,1-7H3,(H,30,34)(H,31,36). The van der Waals surface area contributed by atoms with Gasteiger partial charge >= 0.3 is 0 Å². The van der Waals surface area contributed by atoms with Gasteiger partial charge in [0.1, 0.15) is 5.75 Å². The third-order valence-electron chi connectivity index (χ3n) is 6.74. The van der Waals surface area contributed by atoms with Crippen LogP contribution in [0.4, 0.5) is 11.4 Å². The molecular formula is C28H35N5O2S. The van der Waals surface area contributed by atoms with Crippen LogP contribution < -0.4 is 20.3 Å². The van der Waals surface area contributed by atoms with Gasteiger partial charge in [-0.1, -0.05) is 26.8 Å². The molecule has 2 unspecified atom stereocenters. The molecule has 1 aromatic carbocycles. The van der Waals surface area contributed by atoms with Crippen molar-refractivity contribution in [1.29, 1.82) is 0 Å². The fraction of sp³-hybridized carbons (Fsp3) is 0.393. The number of nitrogens with zero attached hydrogens (tertiary/aromatic N) is 3. The number of hydrogen-bond donors (Lipinski definition) is 2. The molecule has 2 atom stereocenters. The van der Waals surface area contributed by atoms with Crippen molar-refractivity contribution in [3.63, 3.8) is 0 Å². The van der Waals surface area contributed by atoms with Crippen molar-refractivity contribution < 1.29 is 9.53 Å². The third-order valence-corrected chi connectivity index (χ3v) is 7.05. The summed E-state index contributed by atoms with van der Waals surface area (Å²) in [5.74, 6) is 0.499. The second kappa shape index (κ2) is 9.93. The topological polar surface area (TPSA) is 71.4 Å². The van der Waals surface area contributed by atoms with Crippen molar-refractivity contribution in [2.24, 2.45) is 5.41 Å². The van der Waals surface area contributed by atoms with E-state index in [0.717, 1.165) is 17.9 Å². The molecule has 2 aromatic heterocycles. The van der Waals surface area contributed by atoms with Gasteiger partial charge in [0.25, 0.3) is 0 Å². The number of rotatable bonds is 6. The van der Waals surface area contributed by atoms with E-state index in [-0.39, 0.29) is 18.0 Å². The highest BCUT2D eigenvalue weighted by molar-refractivity contribution is 7.80. The monoisotopic (exact) mass is 505 g/mol. The number of benzene rings is 1. The van der Waals surface area contributed by atoms with Crippen LogP contribution in [0.2, 0.25) is 0 Å². The largest absolute Gasteiger partial charge is 0.494 e. The first kappa shape index (κ1) is 25.7. The van der Waals surface area contributed by atoms with Crippen LogP contribution in [0.1, 0.15) is 62.4 Å². The summed E-state index contributed by atoms with van der Waals surface area (Å²) < 4.78 is 8.01. The van der Waals surface area contributed by atoms with Gasteiger partial charge in [0.05, 0.1) is 30.6 Å². The lowest BCUT2D eigenvalue weighted by molar-refractivity contribution is -0.123. The second-order valence-corrected chi connectivity index (χ2v) is 10.5. The van der Waals surface area contributed by atoms with Crippen LogP contribution in [0.3, 0.4) is 0 Å². The molecule has 1 fully saturated rings. The zero-order valence-corrected chi connectivity index (χ0v) is 22.9. The summed E-state index contributed by atoms with van der Waals surface area (Å²) in [5, 5.41) is 7.13. The normalized spacial score (nSPS) is 17.8. The lowest BCUT2D eigenvalue weighted by Gasteiger charge is -2.29. The summed E-state index contributed by atoms with van der Waals surface area (Å²) in [6, 6.07) is 13.7. The molecular weight excluding hydrogens is 470 g/mol. The van der Waals surface area contributed by atoms with Crippen LogP contribution in [0.15, 0.2) is 48.7 Å². The van der Waals surface area contributed by atoms with Crippen LogP contribution in [0.5, 0.6) is 5.75 Å². The number of nitrogens with one attached hydrogen (secondary N) is 2. The molecule has 0 aliphatic carbocycles. The summed E-state index contributed by atoms with van der Waals surface area (Å²) in [6.07, 6.45) is 1.81. The first-order chi connectivity index (χ1) is 17.1. The second-order valence-electron chi connectivity index (χ2n) is 10.2. The summed E-state index contributed by atoms with van der Waals surface area (Å²) in [6.45, 7) is 13.0. The molecule has 3 heterocycles. The van der Waals surface area contributed by atoms with E-state index >= 15 is 0 Å². The fourth-order valence-electron chi connectivity index (χ4n) is 4.81. The van der Waals surface area contributed by atoms with Crippen LogP contribution in [0.25, 0.3) is 0 Å². The fourth-order valence-corrected chi connectivity index (χ4v) is 5.15. The van der Waals surface area contributed by atoms with Crippen molar-refractivity contribution in [3.05, 3.63) is 71.3 Å². The first-order valence-electron chi connectivity index (χ1n) is 12.2. The Kier molecular flexibility index (Phi) is 7.09. The molecule has 1 aliphatic rings. The smallest absolute Gasteiger partial charge is 0.229 e. The van der Waals surface area contributed by atoms with Crippen LogP contribution in [-0.2, 0) is 11.3 Å². The van der Waals surface area contributed by atoms with Crippen molar-refractivity contribution in [2.75, 3.05) is 17.3 Å². The lowest BCUT2D eigenvalue weighted by atomic mass is 9.95. The summed E-state index contributed by atoms with van der Waals surface area (Å²) in [5.41, 5.74) is 5.52. The zero-order chi connectivity index (χ0) is 26.2. The highest BCUT2D eigenvalue weighted by Gasteiger charge is 2.42. The zero-order valence-electron chi connectivity index (χ0n) is 22.0. The molecule has 7 nitrogen and oxygen atoms in total. The summed E-state index contributed by atoms with van der Waals surface area (Å²) in [4.78, 5) is 19.4. The average molecular weight is 506 g/mol. The van der Waals surface area contributed by atoms with Crippen molar-refractivity contribution in [3.8, 4) is 5.75 Å². The van der Waals surface area contributed by atoms with E-state index in [9.17, 15) is 4.79 Å². The molecule has 0 radical (unpaired) electrons. The molecule has 1 saturated heterocycles. The minimum atomic E-state index is -0.521. The molecule has 4 rings (SSSR count). The van der Waals surface area contributed by atoms with Gasteiger partial charge in [0.2, 0.25) is 5.91 Å². The number of aromatic nitrogens is 2. The number of carbonyl (C=O) groups excluding carboxylic acids is 1. The Morgan fingerprint density at radius 2 is 1.94 bits per heavy atom. The van der Waals surface area contributed by atoms with Gasteiger partial charge in [-0.2, -0.15) is 0 Å². The maximum atomic E-state index is 12.6. The predicted molar refractivity (Wildman–Crippen MR) is 149 cm³/mol. The quantitative estimate of drug-likeness (QED) is 0.420. The van der Waals surface area contributed by atoms with Gasteiger partial charge in [-0.15, -0.1) is 0 Å². The minimum absolute atomic E-state index is 0.0768. The van der Waals surface area contributed by atoms with Gasteiger partial charge in [-0.3, -0.25) is 9.78 Å². The molecule has 3 aromatic rings. The van der Waals surface area contributed by atoms with E-state index in [1.54, 1.807) is 7.11 Å². The van der Waals surface area contributed by atoms with Crippen molar-refractivity contribution in [1.82, 2.24) is 14.9 Å². The van der Waals surface area contributed by atoms with E-state index in [0.29, 0.717) is 16.5 Å². The average Bonchev–Trinajstić information content (AvgIpc) is 3.33. The molecule has 1 aliphatic heterocycles. The Hall–Kier alpha value is -3.39. The maximum Gasteiger partial charge on any atom is 0.229 e. The number of hydrogen-bond acceptors (Lipinski definition) is 4. The number of amides is 1. The lowest BCUT2D eigenvalue weighted by Crippen LogP contribution is -2.30. The van der Waals surface area contributed by atoms with Crippen LogP contribution in [0, 0.1) is 19.3 Å². The molecule has 0 spiro atoms. The minimum Gasteiger partial charge on any atom is -0.494 e. The molecule has 0 bridgehead atoms. The Labute approximate surface area is 218 Å². The first-order valence-corrected chi connectivity index (χ1v) is 12.6. The number of thiocarbonyl (C=S) groups is 1. The SMILES string of the molecule is CCn1c(C)cc(C2C(c3ccccn3)NC(=S)N2c2ccc(NC(=O)C(C)(C)C)c(OC)c2)c1C. The molecule has 1 amide bonds. The summed E-state index contributed by atoms with van der Waals surface area (Å²) in [7, 11) is 1.61. The van der Waals surface area contributed by atoms with E-state index < -0.39 is 5.41 Å². The van der Waals surface area contributed by atoms with Gasteiger partial charge in [0, 0.05) is 41.3 Å². The molecule has 36 heavy (non-hydrogen) atoms. The van der Waals surface area contributed by atoms with E-state index in [1.165, 1.54) is 17.0 Å². The molecule has 2 N–H and O–H groups in total. The predicted octanol–water partition coefficient (Wildman–Crippen LogP) is 5.69. The van der Waals surface area contributed by atoms with Crippen molar-refractivity contribution in [2.45, 2.75) is 60.2 Å². The Balaban J connectivity index is 1.81. The number of methoxy groups -OCH3 is 1. The molecule has 190 valence electrons. The Morgan fingerprint density at radius 3 is 2.53 bits per heavy atom. The number of carbonyl (C=O) groups is 1. The van der Waals surface area contributed by atoms with E-state index in [2.05, 4.69) is 51.9 Å². The summed E-state index contributed by atoms with van der Waals surface area (Å²) >= 11 is 5.89. The number of aryl methyl sites for hydroxylation is 1. The number of anilines is 2. The Morgan fingerprint density at radius 1 is 1.19 bits per heavy atom. The van der Waals surface area contributed by atoms with E-state index in [4.69, 9.17) is 17.0 Å². The van der Waals surface area contributed by atoms with E-state index in [1.807, 2.05) is 63.4 Å². The van der Waals surface area contributed by atoms with Gasteiger partial charge in [0.15, 0.2) is 5.11 Å². The highest BCUT2D eigenvalue weighted by atomic mass is 32.1. The molecule has 8 heteroatoms. The number of pyridine rings is 1. The third kappa shape index (κ3) is 4.69. The van der Waals surface area contributed by atoms with Crippen LogP contribution in [-0.4, -0.2) is 27.7 Å².